The van der Waals surface area contributed by atoms with Crippen LogP contribution in [0.15, 0.2) is 35.1 Å². The number of nitrogens with one attached hydrogen (secondary N) is 1. The number of anilines is 1. The van der Waals surface area contributed by atoms with Crippen LogP contribution in [0.2, 0.25) is 0 Å². The van der Waals surface area contributed by atoms with Gasteiger partial charge in [0.25, 0.3) is 5.91 Å². The van der Waals surface area contributed by atoms with Gasteiger partial charge in [0.05, 0.1) is 17.3 Å². The average molecular weight is 298 g/mol. The summed E-state index contributed by atoms with van der Waals surface area (Å²) in [6.45, 7) is 8.02. The topological polar surface area (TPSA) is 72.4 Å². The quantitative estimate of drug-likeness (QED) is 0.788. The highest BCUT2D eigenvalue weighted by atomic mass is 16.5. The number of amides is 1. The summed E-state index contributed by atoms with van der Waals surface area (Å²) in [6, 6.07) is 5.34. The second-order valence-electron chi connectivity index (χ2n) is 6.27. The fraction of sp³-hybridized carbons (Fsp3) is 0.312. The Balaban J connectivity index is 1.92. The van der Waals surface area contributed by atoms with Crippen molar-refractivity contribution in [1.29, 1.82) is 0 Å². The Morgan fingerprint density at radius 3 is 2.77 bits per heavy atom. The van der Waals surface area contributed by atoms with Gasteiger partial charge in [-0.25, -0.2) is 4.52 Å². The molecule has 0 spiro atoms. The fourth-order valence-corrected chi connectivity index (χ4v) is 2.47. The summed E-state index contributed by atoms with van der Waals surface area (Å²) in [4.78, 5) is 12.5. The summed E-state index contributed by atoms with van der Waals surface area (Å²) < 4.78 is 7.04. The Kier molecular flexibility index (Phi) is 3.24. The lowest BCUT2D eigenvalue weighted by molar-refractivity contribution is 0.102. The van der Waals surface area contributed by atoms with E-state index in [0.29, 0.717) is 11.4 Å². The zero-order valence-corrected chi connectivity index (χ0v) is 13.0. The van der Waals surface area contributed by atoms with Crippen LogP contribution in [0, 0.1) is 6.92 Å². The number of aromatic nitrogens is 3. The van der Waals surface area contributed by atoms with Gasteiger partial charge in [0.1, 0.15) is 5.76 Å². The molecule has 1 N–H and O–H groups in total. The van der Waals surface area contributed by atoms with Gasteiger partial charge in [-0.15, -0.1) is 0 Å². The summed E-state index contributed by atoms with van der Waals surface area (Å²) in [7, 11) is 0. The summed E-state index contributed by atoms with van der Waals surface area (Å²) in [5, 5.41) is 10.9. The van der Waals surface area contributed by atoms with E-state index in [1.807, 2.05) is 27.7 Å². The van der Waals surface area contributed by atoms with E-state index in [9.17, 15) is 4.79 Å². The van der Waals surface area contributed by atoms with Crippen molar-refractivity contribution in [3.05, 3.63) is 47.5 Å². The molecule has 114 valence electrons. The second-order valence-corrected chi connectivity index (χ2v) is 6.27. The molecule has 0 atom stereocenters. The Morgan fingerprint density at radius 2 is 2.09 bits per heavy atom. The van der Waals surface area contributed by atoms with E-state index in [4.69, 9.17) is 4.52 Å². The van der Waals surface area contributed by atoms with Gasteiger partial charge in [-0.1, -0.05) is 25.9 Å². The molecular weight excluding hydrogens is 280 g/mol. The third kappa shape index (κ3) is 2.36. The normalized spacial score (nSPS) is 11.8. The molecule has 0 saturated carbocycles. The molecule has 0 fully saturated rings. The summed E-state index contributed by atoms with van der Waals surface area (Å²) in [5.74, 6) is 0.991. The summed E-state index contributed by atoms with van der Waals surface area (Å²) in [5.41, 5.74) is 1.98. The Morgan fingerprint density at radius 1 is 1.32 bits per heavy atom. The lowest BCUT2D eigenvalue weighted by atomic mass is 9.91. The molecule has 0 aromatic carbocycles. The van der Waals surface area contributed by atoms with E-state index < -0.39 is 0 Å². The smallest absolute Gasteiger partial charge is 0.259 e. The zero-order chi connectivity index (χ0) is 15.9. The predicted molar refractivity (Wildman–Crippen MR) is 83.1 cm³/mol. The van der Waals surface area contributed by atoms with Gasteiger partial charge < -0.3 is 9.84 Å². The summed E-state index contributed by atoms with van der Waals surface area (Å²) >= 11 is 0. The van der Waals surface area contributed by atoms with Crippen LogP contribution in [0.5, 0.6) is 0 Å². The molecule has 3 rings (SSSR count). The Labute approximate surface area is 128 Å². The number of hydrogen-bond donors (Lipinski definition) is 1. The molecule has 0 saturated heterocycles. The van der Waals surface area contributed by atoms with Gasteiger partial charge in [-0.2, -0.15) is 5.10 Å². The van der Waals surface area contributed by atoms with Crippen molar-refractivity contribution in [2.75, 3.05) is 5.32 Å². The molecule has 3 aromatic rings. The first kappa shape index (κ1) is 14.3. The first-order chi connectivity index (χ1) is 10.4. The van der Waals surface area contributed by atoms with E-state index in [0.717, 1.165) is 16.8 Å². The number of nitrogens with zero attached hydrogens (tertiary/aromatic N) is 3. The van der Waals surface area contributed by atoms with Gasteiger partial charge >= 0.3 is 0 Å². The lowest BCUT2D eigenvalue weighted by Gasteiger charge is -2.14. The second kappa shape index (κ2) is 4.98. The Bertz CT molecular complexity index is 839. The maximum absolute atomic E-state index is 12.5. The number of carbonyl (C=O) groups is 1. The SMILES string of the molecule is Cc1c(NC(=O)c2cccn3nccc23)noc1C(C)(C)C. The molecule has 1 amide bonds. The molecule has 0 radical (unpaired) electrons. The van der Waals surface area contributed by atoms with Crippen molar-refractivity contribution in [3.8, 4) is 0 Å². The number of pyridine rings is 1. The predicted octanol–water partition coefficient (Wildman–Crippen LogP) is 3.18. The van der Waals surface area contributed by atoms with Crippen molar-refractivity contribution < 1.29 is 9.32 Å². The molecule has 0 aliphatic rings. The van der Waals surface area contributed by atoms with Crippen molar-refractivity contribution in [2.24, 2.45) is 0 Å². The molecule has 3 heterocycles. The van der Waals surface area contributed by atoms with E-state index >= 15 is 0 Å². The standard InChI is InChI=1S/C16H18N4O2/c1-10-13(16(2,3)4)22-19-14(10)18-15(21)11-6-5-9-20-12(11)7-8-17-20/h5-9H,1-4H3,(H,18,19,21). The highest BCUT2D eigenvalue weighted by Crippen LogP contribution is 2.29. The maximum atomic E-state index is 12.5. The molecule has 3 aromatic heterocycles. The average Bonchev–Trinajstić information content (AvgIpc) is 3.05. The van der Waals surface area contributed by atoms with Crippen LogP contribution in [-0.2, 0) is 5.41 Å². The monoisotopic (exact) mass is 298 g/mol. The van der Waals surface area contributed by atoms with Gasteiger partial charge in [0.2, 0.25) is 0 Å². The van der Waals surface area contributed by atoms with Gasteiger partial charge in [0.15, 0.2) is 5.82 Å². The number of hydrogen-bond acceptors (Lipinski definition) is 4. The Hall–Kier alpha value is -2.63. The fourth-order valence-electron chi connectivity index (χ4n) is 2.47. The van der Waals surface area contributed by atoms with Gasteiger partial charge in [-0.3, -0.25) is 4.79 Å². The van der Waals surface area contributed by atoms with Crippen molar-refractivity contribution in [3.63, 3.8) is 0 Å². The molecule has 22 heavy (non-hydrogen) atoms. The first-order valence-electron chi connectivity index (χ1n) is 7.08. The minimum Gasteiger partial charge on any atom is -0.358 e. The highest BCUT2D eigenvalue weighted by Gasteiger charge is 2.25. The molecule has 0 aliphatic carbocycles. The minimum absolute atomic E-state index is 0.161. The number of carbonyl (C=O) groups excluding carboxylic acids is 1. The molecule has 6 nitrogen and oxygen atoms in total. The van der Waals surface area contributed by atoms with E-state index in [1.54, 1.807) is 35.1 Å². The first-order valence-corrected chi connectivity index (χ1v) is 7.08. The van der Waals surface area contributed by atoms with Gasteiger partial charge in [-0.05, 0) is 25.1 Å². The van der Waals surface area contributed by atoms with Crippen LogP contribution in [0.4, 0.5) is 5.82 Å². The van der Waals surface area contributed by atoms with Gasteiger partial charge in [0, 0.05) is 17.2 Å². The van der Waals surface area contributed by atoms with Crippen molar-refractivity contribution in [1.82, 2.24) is 14.8 Å². The number of rotatable bonds is 2. The summed E-state index contributed by atoms with van der Waals surface area (Å²) in [6.07, 6.45) is 3.45. The minimum atomic E-state index is -0.233. The van der Waals surface area contributed by atoms with Crippen molar-refractivity contribution >= 4 is 17.2 Å². The van der Waals surface area contributed by atoms with E-state index in [1.165, 1.54) is 0 Å². The maximum Gasteiger partial charge on any atom is 0.259 e. The molecule has 6 heteroatoms. The van der Waals surface area contributed by atoms with Crippen molar-refractivity contribution in [2.45, 2.75) is 33.1 Å². The number of fused-ring (bicyclic) bond motifs is 1. The van der Waals surface area contributed by atoms with E-state index in [2.05, 4.69) is 15.6 Å². The van der Waals surface area contributed by atoms with Crippen LogP contribution in [0.3, 0.4) is 0 Å². The highest BCUT2D eigenvalue weighted by molar-refractivity contribution is 6.08. The molecule has 0 aliphatic heterocycles. The lowest BCUT2D eigenvalue weighted by Crippen LogP contribution is -2.15. The van der Waals surface area contributed by atoms with Crippen LogP contribution < -0.4 is 5.32 Å². The van der Waals surface area contributed by atoms with Crippen LogP contribution in [-0.4, -0.2) is 20.7 Å². The van der Waals surface area contributed by atoms with Crippen LogP contribution in [0.1, 0.15) is 42.5 Å². The molecule has 0 bridgehead atoms. The van der Waals surface area contributed by atoms with Crippen LogP contribution in [0.25, 0.3) is 5.52 Å². The molecular formula is C16H18N4O2. The zero-order valence-electron chi connectivity index (χ0n) is 13.0. The molecule has 0 unspecified atom stereocenters. The van der Waals surface area contributed by atoms with Crippen LogP contribution >= 0.6 is 0 Å². The third-order valence-corrected chi connectivity index (χ3v) is 3.52. The van der Waals surface area contributed by atoms with E-state index in [-0.39, 0.29) is 11.3 Å². The third-order valence-electron chi connectivity index (χ3n) is 3.52. The largest absolute Gasteiger partial charge is 0.358 e.